The van der Waals surface area contributed by atoms with Crippen LogP contribution in [0.4, 0.5) is 0 Å². The number of carbonyl (C=O) groups excluding carboxylic acids is 2. The van der Waals surface area contributed by atoms with Crippen LogP contribution in [0.1, 0.15) is 13.3 Å². The largest absolute Gasteiger partial charge is 0.355 e. The van der Waals surface area contributed by atoms with Crippen molar-refractivity contribution in [2.75, 3.05) is 13.1 Å². The Labute approximate surface area is 70.7 Å². The zero-order valence-corrected chi connectivity index (χ0v) is 6.89. The lowest BCUT2D eigenvalue weighted by Gasteiger charge is -2.01. The molecule has 0 spiro atoms. The van der Waals surface area contributed by atoms with E-state index in [9.17, 15) is 9.59 Å². The van der Waals surface area contributed by atoms with Crippen molar-refractivity contribution in [1.29, 1.82) is 5.26 Å². The van der Waals surface area contributed by atoms with Crippen LogP contribution in [0.2, 0.25) is 0 Å². The van der Waals surface area contributed by atoms with Crippen LogP contribution in [-0.4, -0.2) is 24.9 Å². The third-order valence-electron chi connectivity index (χ3n) is 1.06. The summed E-state index contributed by atoms with van der Waals surface area (Å²) in [4.78, 5) is 21.4. The molecule has 0 atom stereocenters. The number of nitrogens with one attached hydrogen (secondary N) is 2. The molecule has 0 aromatic rings. The molecule has 0 aliphatic carbocycles. The molecule has 0 unspecified atom stereocenters. The van der Waals surface area contributed by atoms with Crippen LogP contribution in [0.3, 0.4) is 0 Å². The van der Waals surface area contributed by atoms with E-state index in [-0.39, 0.29) is 18.9 Å². The van der Waals surface area contributed by atoms with Gasteiger partial charge in [0.1, 0.15) is 6.42 Å². The Morgan fingerprint density at radius 2 is 2.00 bits per heavy atom. The van der Waals surface area contributed by atoms with Crippen molar-refractivity contribution in [2.45, 2.75) is 13.3 Å². The first kappa shape index (κ1) is 10.4. The second-order valence-electron chi connectivity index (χ2n) is 2.07. The summed E-state index contributed by atoms with van der Waals surface area (Å²) < 4.78 is 0. The molecule has 2 amide bonds. The minimum Gasteiger partial charge on any atom is -0.355 e. The molecule has 0 fully saturated rings. The summed E-state index contributed by atoms with van der Waals surface area (Å²) in [5.41, 5.74) is 0. The Morgan fingerprint density at radius 3 is 2.50 bits per heavy atom. The third-order valence-corrected chi connectivity index (χ3v) is 1.06. The van der Waals surface area contributed by atoms with Gasteiger partial charge in [0.2, 0.25) is 11.8 Å². The zero-order chi connectivity index (χ0) is 9.40. The van der Waals surface area contributed by atoms with E-state index in [0.717, 1.165) is 0 Å². The van der Waals surface area contributed by atoms with Gasteiger partial charge in [0, 0.05) is 6.54 Å². The molecule has 66 valence electrons. The third kappa shape index (κ3) is 5.23. The fourth-order valence-corrected chi connectivity index (χ4v) is 0.573. The fourth-order valence-electron chi connectivity index (χ4n) is 0.573. The molecule has 2 N–H and O–H groups in total. The Morgan fingerprint density at radius 1 is 1.33 bits per heavy atom. The van der Waals surface area contributed by atoms with Gasteiger partial charge < -0.3 is 10.6 Å². The van der Waals surface area contributed by atoms with Gasteiger partial charge in [-0.3, -0.25) is 9.59 Å². The van der Waals surface area contributed by atoms with E-state index in [4.69, 9.17) is 5.26 Å². The SMILES string of the molecule is CCNC(=O)CNC(=O)CC#N. The number of hydrogen-bond acceptors (Lipinski definition) is 3. The molecule has 0 rings (SSSR count). The second kappa shape index (κ2) is 6.16. The lowest BCUT2D eigenvalue weighted by molar-refractivity contribution is -0.125. The van der Waals surface area contributed by atoms with E-state index in [1.807, 2.05) is 0 Å². The Bertz CT molecular complexity index is 207. The highest BCUT2D eigenvalue weighted by molar-refractivity contribution is 5.85. The highest BCUT2D eigenvalue weighted by Gasteiger charge is 2.02. The van der Waals surface area contributed by atoms with Crippen molar-refractivity contribution in [3.05, 3.63) is 0 Å². The molecule has 12 heavy (non-hydrogen) atoms. The first-order chi connectivity index (χ1) is 5.70. The van der Waals surface area contributed by atoms with Crippen molar-refractivity contribution >= 4 is 11.8 Å². The summed E-state index contributed by atoms with van der Waals surface area (Å²) in [5, 5.41) is 12.9. The van der Waals surface area contributed by atoms with Gasteiger partial charge in [0.05, 0.1) is 12.6 Å². The number of carbonyl (C=O) groups is 2. The van der Waals surface area contributed by atoms with E-state index in [1.165, 1.54) is 0 Å². The van der Waals surface area contributed by atoms with E-state index in [2.05, 4.69) is 10.6 Å². The number of nitriles is 1. The normalized spacial score (nSPS) is 8.33. The topological polar surface area (TPSA) is 82.0 Å². The molecule has 0 aromatic carbocycles. The fraction of sp³-hybridized carbons (Fsp3) is 0.571. The predicted octanol–water partition coefficient (Wildman–Crippen LogP) is -0.848. The molecular formula is C7H11N3O2. The minimum absolute atomic E-state index is 0.0612. The molecule has 0 heterocycles. The van der Waals surface area contributed by atoms with Gasteiger partial charge in [0.25, 0.3) is 0 Å². The van der Waals surface area contributed by atoms with E-state index in [0.29, 0.717) is 6.54 Å². The number of nitrogens with zero attached hydrogens (tertiary/aromatic N) is 1. The van der Waals surface area contributed by atoms with Crippen LogP contribution in [0, 0.1) is 11.3 Å². The highest BCUT2D eigenvalue weighted by atomic mass is 16.2. The van der Waals surface area contributed by atoms with E-state index in [1.54, 1.807) is 13.0 Å². The molecular weight excluding hydrogens is 158 g/mol. The number of amides is 2. The van der Waals surface area contributed by atoms with Crippen molar-refractivity contribution in [3.8, 4) is 6.07 Å². The molecule has 0 saturated carbocycles. The second-order valence-corrected chi connectivity index (χ2v) is 2.07. The summed E-state index contributed by atoms with van der Waals surface area (Å²) in [7, 11) is 0. The molecule has 5 nitrogen and oxygen atoms in total. The molecule has 0 aromatic heterocycles. The van der Waals surface area contributed by atoms with Crippen LogP contribution in [0.15, 0.2) is 0 Å². The maximum absolute atomic E-state index is 10.7. The van der Waals surface area contributed by atoms with Crippen molar-refractivity contribution in [1.82, 2.24) is 10.6 Å². The van der Waals surface area contributed by atoms with Crippen LogP contribution in [0.25, 0.3) is 0 Å². The van der Waals surface area contributed by atoms with Crippen molar-refractivity contribution in [2.24, 2.45) is 0 Å². The lowest BCUT2D eigenvalue weighted by atomic mass is 10.4. The Balaban J connectivity index is 3.48. The average Bonchev–Trinajstić information content (AvgIpc) is 2.02. The minimum atomic E-state index is -0.427. The van der Waals surface area contributed by atoms with Crippen molar-refractivity contribution in [3.63, 3.8) is 0 Å². The smallest absolute Gasteiger partial charge is 0.239 e. The summed E-state index contributed by atoms with van der Waals surface area (Å²) in [6.07, 6.45) is -0.209. The first-order valence-corrected chi connectivity index (χ1v) is 3.61. The predicted molar refractivity (Wildman–Crippen MR) is 41.9 cm³/mol. The first-order valence-electron chi connectivity index (χ1n) is 3.61. The van der Waals surface area contributed by atoms with E-state index < -0.39 is 5.91 Å². The van der Waals surface area contributed by atoms with Crippen LogP contribution < -0.4 is 10.6 Å². The quantitative estimate of drug-likeness (QED) is 0.575. The maximum atomic E-state index is 10.7. The molecule has 0 aliphatic heterocycles. The lowest BCUT2D eigenvalue weighted by Crippen LogP contribution is -2.36. The Kier molecular flexibility index (Phi) is 5.35. The number of hydrogen-bond donors (Lipinski definition) is 2. The monoisotopic (exact) mass is 169 g/mol. The van der Waals surface area contributed by atoms with Gasteiger partial charge in [-0.1, -0.05) is 0 Å². The van der Waals surface area contributed by atoms with Gasteiger partial charge in [-0.25, -0.2) is 0 Å². The number of rotatable bonds is 4. The Hall–Kier alpha value is -1.57. The molecule has 0 saturated heterocycles. The number of likely N-dealkylation sites (N-methyl/N-ethyl adjacent to an activating group) is 1. The van der Waals surface area contributed by atoms with Crippen molar-refractivity contribution < 1.29 is 9.59 Å². The van der Waals surface area contributed by atoms with E-state index >= 15 is 0 Å². The van der Waals surface area contributed by atoms with Crippen LogP contribution in [-0.2, 0) is 9.59 Å². The van der Waals surface area contributed by atoms with Gasteiger partial charge in [-0.05, 0) is 6.92 Å². The van der Waals surface area contributed by atoms with Crippen LogP contribution >= 0.6 is 0 Å². The van der Waals surface area contributed by atoms with Gasteiger partial charge >= 0.3 is 0 Å². The zero-order valence-electron chi connectivity index (χ0n) is 6.89. The molecule has 0 radical (unpaired) electrons. The molecule has 5 heteroatoms. The van der Waals surface area contributed by atoms with Crippen LogP contribution in [0.5, 0.6) is 0 Å². The summed E-state index contributed by atoms with van der Waals surface area (Å²) >= 11 is 0. The van der Waals surface area contributed by atoms with Gasteiger partial charge in [-0.15, -0.1) is 0 Å². The molecule has 0 aliphatic rings. The summed E-state index contributed by atoms with van der Waals surface area (Å²) in [6, 6.07) is 1.68. The average molecular weight is 169 g/mol. The van der Waals surface area contributed by atoms with Gasteiger partial charge in [0.15, 0.2) is 0 Å². The molecule has 0 bridgehead atoms. The maximum Gasteiger partial charge on any atom is 0.239 e. The van der Waals surface area contributed by atoms with Gasteiger partial charge in [-0.2, -0.15) is 5.26 Å². The standard InChI is InChI=1S/C7H11N3O2/c1-2-9-7(12)5-10-6(11)3-4-8/h2-3,5H2,1H3,(H,9,12)(H,10,11). The summed E-state index contributed by atoms with van der Waals surface area (Å²) in [5.74, 6) is -0.674. The highest BCUT2D eigenvalue weighted by Crippen LogP contribution is 1.74. The summed E-state index contributed by atoms with van der Waals surface area (Å²) in [6.45, 7) is 2.26.